The second-order valence-corrected chi connectivity index (χ2v) is 4.16. The Morgan fingerprint density at radius 1 is 1.30 bits per heavy atom. The van der Waals surface area contributed by atoms with Gasteiger partial charge in [0.2, 0.25) is 5.91 Å². The van der Waals surface area contributed by atoms with Crippen LogP contribution in [0, 0.1) is 5.82 Å². The number of anilines is 1. The predicted molar refractivity (Wildman–Crippen MR) is 77.0 cm³/mol. The molecule has 106 valence electrons. The second kappa shape index (κ2) is 7.23. The molecular weight excluding hydrogens is 259 g/mol. The lowest BCUT2D eigenvalue weighted by Crippen LogP contribution is -2.31. The van der Waals surface area contributed by atoms with Gasteiger partial charge in [-0.2, -0.15) is 0 Å². The lowest BCUT2D eigenvalue weighted by Gasteiger charge is -2.19. The fourth-order valence-electron chi connectivity index (χ4n) is 1.68. The van der Waals surface area contributed by atoms with Crippen molar-refractivity contribution in [1.29, 1.82) is 0 Å². The first-order chi connectivity index (χ1) is 9.49. The third kappa shape index (κ3) is 4.05. The molecule has 5 heteroatoms. The van der Waals surface area contributed by atoms with Gasteiger partial charge in [0, 0.05) is 25.6 Å². The van der Waals surface area contributed by atoms with Crippen LogP contribution in [0.4, 0.5) is 10.1 Å². The van der Waals surface area contributed by atoms with Crippen molar-refractivity contribution in [3.63, 3.8) is 0 Å². The zero-order valence-electron chi connectivity index (χ0n) is 11.4. The molecule has 4 nitrogen and oxygen atoms in total. The number of carbonyl (C=O) groups excluding carboxylic acids is 2. The van der Waals surface area contributed by atoms with Crippen LogP contribution >= 0.6 is 0 Å². The molecule has 0 aliphatic rings. The monoisotopic (exact) mass is 276 g/mol. The number of hydrogen-bond donors (Lipinski definition) is 1. The topological polar surface area (TPSA) is 49.4 Å². The van der Waals surface area contributed by atoms with Gasteiger partial charge in [-0.3, -0.25) is 9.59 Å². The van der Waals surface area contributed by atoms with E-state index in [4.69, 9.17) is 0 Å². The van der Waals surface area contributed by atoms with Gasteiger partial charge < -0.3 is 10.2 Å². The average molecular weight is 276 g/mol. The van der Waals surface area contributed by atoms with Crippen LogP contribution in [0.15, 0.2) is 43.5 Å². The van der Waals surface area contributed by atoms with E-state index in [0.717, 1.165) is 6.07 Å². The largest absolute Gasteiger partial charge is 0.331 e. The van der Waals surface area contributed by atoms with Gasteiger partial charge in [0.25, 0.3) is 5.91 Å². The van der Waals surface area contributed by atoms with Crippen LogP contribution < -0.4 is 5.32 Å². The molecule has 20 heavy (non-hydrogen) atoms. The summed E-state index contributed by atoms with van der Waals surface area (Å²) in [7, 11) is 0. The molecule has 0 aliphatic heterocycles. The molecule has 2 amide bonds. The molecule has 1 N–H and O–H groups in total. The van der Waals surface area contributed by atoms with Crippen molar-refractivity contribution in [3.8, 4) is 0 Å². The summed E-state index contributed by atoms with van der Waals surface area (Å²) in [6, 6.07) is 3.85. The Kier molecular flexibility index (Phi) is 5.65. The molecule has 1 rings (SSSR count). The smallest absolute Gasteiger partial charge is 0.254 e. The summed E-state index contributed by atoms with van der Waals surface area (Å²) in [6.07, 6.45) is 3.19. The number of amides is 2. The van der Waals surface area contributed by atoms with Gasteiger partial charge in [-0.25, -0.2) is 4.39 Å². The maximum absolute atomic E-state index is 13.5. The summed E-state index contributed by atoms with van der Waals surface area (Å²) >= 11 is 0. The van der Waals surface area contributed by atoms with E-state index in [9.17, 15) is 14.0 Å². The summed E-state index contributed by atoms with van der Waals surface area (Å²) in [5, 5.41) is 2.35. The summed E-state index contributed by atoms with van der Waals surface area (Å²) in [4.78, 5) is 24.8. The van der Waals surface area contributed by atoms with E-state index < -0.39 is 11.7 Å². The second-order valence-electron chi connectivity index (χ2n) is 4.16. The highest BCUT2D eigenvalue weighted by molar-refractivity contribution is 5.97. The third-order valence-corrected chi connectivity index (χ3v) is 2.51. The molecule has 0 radical (unpaired) electrons. The molecule has 0 atom stereocenters. The Morgan fingerprint density at radius 3 is 2.40 bits per heavy atom. The van der Waals surface area contributed by atoms with Crippen molar-refractivity contribution < 1.29 is 14.0 Å². The van der Waals surface area contributed by atoms with E-state index in [1.165, 1.54) is 24.0 Å². The third-order valence-electron chi connectivity index (χ3n) is 2.51. The number of halogens is 1. The summed E-state index contributed by atoms with van der Waals surface area (Å²) in [5.41, 5.74) is 0.277. The summed E-state index contributed by atoms with van der Waals surface area (Å²) in [6.45, 7) is 9.16. The zero-order chi connectivity index (χ0) is 15.1. The zero-order valence-corrected chi connectivity index (χ0v) is 11.4. The van der Waals surface area contributed by atoms with Crippen molar-refractivity contribution in [1.82, 2.24) is 4.90 Å². The molecule has 0 fully saturated rings. The van der Waals surface area contributed by atoms with Crippen LogP contribution in [0.2, 0.25) is 0 Å². The first kappa shape index (κ1) is 15.6. The van der Waals surface area contributed by atoms with Crippen molar-refractivity contribution in [2.45, 2.75) is 6.92 Å². The van der Waals surface area contributed by atoms with E-state index in [1.807, 2.05) is 0 Å². The van der Waals surface area contributed by atoms with Crippen LogP contribution in [-0.4, -0.2) is 29.8 Å². The van der Waals surface area contributed by atoms with E-state index in [-0.39, 0.29) is 11.6 Å². The molecular formula is C15H17FN2O2. The Balaban J connectivity index is 3.05. The van der Waals surface area contributed by atoms with Crippen molar-refractivity contribution >= 4 is 17.5 Å². The van der Waals surface area contributed by atoms with Gasteiger partial charge in [0.05, 0.1) is 5.69 Å². The van der Waals surface area contributed by atoms with E-state index >= 15 is 0 Å². The standard InChI is InChI=1S/C15H17FN2O2/c1-4-8-18(9-5-2)15(20)12-6-7-13(16)14(10-12)17-11(3)19/h4-7,10H,1-2,8-9H2,3H3,(H,17,19). The summed E-state index contributed by atoms with van der Waals surface area (Å²) in [5.74, 6) is -1.27. The lowest BCUT2D eigenvalue weighted by atomic mass is 10.1. The molecule has 0 unspecified atom stereocenters. The highest BCUT2D eigenvalue weighted by atomic mass is 19.1. The maximum Gasteiger partial charge on any atom is 0.254 e. The minimum absolute atomic E-state index is 0.0134. The number of rotatable bonds is 6. The molecule has 1 aromatic rings. The van der Waals surface area contributed by atoms with E-state index in [1.54, 1.807) is 12.2 Å². The van der Waals surface area contributed by atoms with Crippen molar-refractivity contribution in [3.05, 3.63) is 54.9 Å². The van der Waals surface area contributed by atoms with Crippen LogP contribution in [0.1, 0.15) is 17.3 Å². The minimum Gasteiger partial charge on any atom is -0.331 e. The Labute approximate surface area is 117 Å². The van der Waals surface area contributed by atoms with Crippen molar-refractivity contribution in [2.75, 3.05) is 18.4 Å². The molecule has 0 heterocycles. The first-order valence-electron chi connectivity index (χ1n) is 6.07. The van der Waals surface area contributed by atoms with Gasteiger partial charge in [0.15, 0.2) is 0 Å². The van der Waals surface area contributed by atoms with E-state index in [2.05, 4.69) is 18.5 Å². The predicted octanol–water partition coefficient (Wildman–Crippen LogP) is 2.60. The number of benzene rings is 1. The molecule has 0 spiro atoms. The molecule has 0 aliphatic carbocycles. The lowest BCUT2D eigenvalue weighted by molar-refractivity contribution is -0.114. The van der Waals surface area contributed by atoms with Gasteiger partial charge in [-0.05, 0) is 18.2 Å². The molecule has 0 saturated heterocycles. The van der Waals surface area contributed by atoms with E-state index in [0.29, 0.717) is 18.7 Å². The fraction of sp³-hybridized carbons (Fsp3) is 0.200. The van der Waals surface area contributed by atoms with Crippen LogP contribution in [-0.2, 0) is 4.79 Å². The number of nitrogens with one attached hydrogen (secondary N) is 1. The minimum atomic E-state index is -0.587. The van der Waals surface area contributed by atoms with Crippen LogP contribution in [0.25, 0.3) is 0 Å². The number of nitrogens with zero attached hydrogens (tertiary/aromatic N) is 1. The number of carbonyl (C=O) groups is 2. The van der Waals surface area contributed by atoms with Crippen LogP contribution in [0.5, 0.6) is 0 Å². The Morgan fingerprint density at radius 2 is 1.90 bits per heavy atom. The van der Waals surface area contributed by atoms with Gasteiger partial charge in [0.1, 0.15) is 5.82 Å². The highest BCUT2D eigenvalue weighted by Crippen LogP contribution is 2.17. The fourth-order valence-corrected chi connectivity index (χ4v) is 1.68. The SMILES string of the molecule is C=CCN(CC=C)C(=O)c1ccc(F)c(NC(C)=O)c1. The quantitative estimate of drug-likeness (QED) is 0.812. The molecule has 1 aromatic carbocycles. The maximum atomic E-state index is 13.5. The number of hydrogen-bond acceptors (Lipinski definition) is 2. The molecule has 0 bridgehead atoms. The average Bonchev–Trinajstić information content (AvgIpc) is 2.40. The van der Waals surface area contributed by atoms with Crippen LogP contribution in [0.3, 0.4) is 0 Å². The van der Waals surface area contributed by atoms with Gasteiger partial charge in [-0.1, -0.05) is 12.2 Å². The van der Waals surface area contributed by atoms with Gasteiger partial charge in [-0.15, -0.1) is 13.2 Å². The first-order valence-corrected chi connectivity index (χ1v) is 6.07. The van der Waals surface area contributed by atoms with Gasteiger partial charge >= 0.3 is 0 Å². The molecule has 0 saturated carbocycles. The summed E-state index contributed by atoms with van der Waals surface area (Å²) < 4.78 is 13.5. The Bertz CT molecular complexity index is 531. The normalized spacial score (nSPS) is 9.70. The highest BCUT2D eigenvalue weighted by Gasteiger charge is 2.15. The molecule has 0 aromatic heterocycles. The Hall–Kier alpha value is -2.43. The van der Waals surface area contributed by atoms with Crippen molar-refractivity contribution in [2.24, 2.45) is 0 Å².